The number of carbonyl (C=O) groups is 1. The Morgan fingerprint density at radius 3 is 2.82 bits per heavy atom. The Labute approximate surface area is 105 Å². The van der Waals surface area contributed by atoms with Crippen LogP contribution >= 0.6 is 0 Å². The Morgan fingerprint density at radius 2 is 2.24 bits per heavy atom. The van der Waals surface area contributed by atoms with Crippen LogP contribution < -0.4 is 0 Å². The molecule has 1 aliphatic rings. The van der Waals surface area contributed by atoms with Crippen molar-refractivity contribution in [1.82, 2.24) is 9.80 Å². The minimum atomic E-state index is 0.208. The zero-order valence-electron chi connectivity index (χ0n) is 11.6. The molecule has 0 spiro atoms. The number of ether oxygens (including phenoxy) is 1. The molecule has 0 unspecified atom stereocenters. The standard InChI is InChI=1S/C13H26N2O2/c1-5-17-9-7-13(16)15(4)12-6-8-14(3)10-11(12)2/h11-12H,5-10H2,1-4H3/t11-,12-/m1/s1. The molecule has 0 aromatic carbocycles. The number of piperidine rings is 1. The van der Waals surface area contributed by atoms with Crippen LogP contribution in [0.1, 0.15) is 26.7 Å². The molecule has 4 heteroatoms. The second kappa shape index (κ2) is 6.97. The summed E-state index contributed by atoms with van der Waals surface area (Å²) in [6.45, 7) is 7.56. The zero-order valence-corrected chi connectivity index (χ0v) is 11.6. The third kappa shape index (κ3) is 4.28. The summed E-state index contributed by atoms with van der Waals surface area (Å²) in [5, 5.41) is 0. The molecule has 0 aromatic rings. The van der Waals surface area contributed by atoms with Gasteiger partial charge in [0.15, 0.2) is 0 Å². The number of nitrogens with zero attached hydrogens (tertiary/aromatic N) is 2. The molecule has 1 fully saturated rings. The average Bonchev–Trinajstić information content (AvgIpc) is 2.28. The fourth-order valence-corrected chi connectivity index (χ4v) is 2.58. The van der Waals surface area contributed by atoms with Gasteiger partial charge in [-0.3, -0.25) is 4.79 Å². The summed E-state index contributed by atoms with van der Waals surface area (Å²) < 4.78 is 5.23. The maximum atomic E-state index is 12.0. The van der Waals surface area contributed by atoms with Crippen molar-refractivity contribution in [2.24, 2.45) is 5.92 Å². The Kier molecular flexibility index (Phi) is 5.92. The Balaban J connectivity index is 2.40. The molecule has 0 bridgehead atoms. The van der Waals surface area contributed by atoms with Crippen LogP contribution in [-0.2, 0) is 9.53 Å². The molecule has 1 amide bonds. The maximum Gasteiger partial charge on any atom is 0.224 e. The summed E-state index contributed by atoms with van der Waals surface area (Å²) in [6.07, 6.45) is 1.58. The fraction of sp³-hybridized carbons (Fsp3) is 0.923. The monoisotopic (exact) mass is 242 g/mol. The molecule has 0 aliphatic carbocycles. The van der Waals surface area contributed by atoms with Crippen LogP contribution in [0.25, 0.3) is 0 Å². The van der Waals surface area contributed by atoms with E-state index in [-0.39, 0.29) is 5.91 Å². The SMILES string of the molecule is CCOCCC(=O)N(C)[C@@H]1CCN(C)C[C@H]1C. The van der Waals surface area contributed by atoms with E-state index in [0.717, 1.165) is 19.5 Å². The van der Waals surface area contributed by atoms with Crippen LogP contribution in [0.4, 0.5) is 0 Å². The molecule has 1 rings (SSSR count). The van der Waals surface area contributed by atoms with Gasteiger partial charge in [-0.2, -0.15) is 0 Å². The van der Waals surface area contributed by atoms with E-state index >= 15 is 0 Å². The summed E-state index contributed by atoms with van der Waals surface area (Å²) in [6, 6.07) is 0.389. The highest BCUT2D eigenvalue weighted by molar-refractivity contribution is 5.76. The fourth-order valence-electron chi connectivity index (χ4n) is 2.58. The van der Waals surface area contributed by atoms with E-state index < -0.39 is 0 Å². The van der Waals surface area contributed by atoms with Gasteiger partial charge < -0.3 is 14.5 Å². The third-order valence-electron chi connectivity index (χ3n) is 3.62. The molecule has 1 saturated heterocycles. The number of amides is 1. The van der Waals surface area contributed by atoms with Gasteiger partial charge in [-0.25, -0.2) is 0 Å². The van der Waals surface area contributed by atoms with Gasteiger partial charge >= 0.3 is 0 Å². The van der Waals surface area contributed by atoms with Crippen molar-refractivity contribution in [3.05, 3.63) is 0 Å². The van der Waals surface area contributed by atoms with Crippen molar-refractivity contribution in [2.75, 3.05) is 40.4 Å². The summed E-state index contributed by atoms with van der Waals surface area (Å²) in [5.41, 5.74) is 0. The summed E-state index contributed by atoms with van der Waals surface area (Å²) >= 11 is 0. The van der Waals surface area contributed by atoms with E-state index in [0.29, 0.717) is 31.6 Å². The number of hydrogen-bond donors (Lipinski definition) is 0. The first-order valence-electron chi connectivity index (χ1n) is 6.58. The Hall–Kier alpha value is -0.610. The lowest BCUT2D eigenvalue weighted by atomic mass is 9.93. The topological polar surface area (TPSA) is 32.8 Å². The minimum Gasteiger partial charge on any atom is -0.381 e. The van der Waals surface area contributed by atoms with Gasteiger partial charge in [0, 0.05) is 26.2 Å². The van der Waals surface area contributed by atoms with Gasteiger partial charge in [0.25, 0.3) is 0 Å². The highest BCUT2D eigenvalue weighted by Crippen LogP contribution is 2.20. The van der Waals surface area contributed by atoms with Crippen molar-refractivity contribution in [2.45, 2.75) is 32.7 Å². The molecule has 100 valence electrons. The highest BCUT2D eigenvalue weighted by atomic mass is 16.5. The lowest BCUT2D eigenvalue weighted by molar-refractivity contribution is -0.135. The first-order chi connectivity index (χ1) is 8.06. The van der Waals surface area contributed by atoms with Crippen LogP contribution in [0, 0.1) is 5.92 Å². The third-order valence-corrected chi connectivity index (χ3v) is 3.62. The summed E-state index contributed by atoms with van der Waals surface area (Å²) in [7, 11) is 4.07. The molecule has 1 heterocycles. The van der Waals surface area contributed by atoms with Gasteiger partial charge in [-0.15, -0.1) is 0 Å². The predicted molar refractivity (Wildman–Crippen MR) is 68.9 cm³/mol. The van der Waals surface area contributed by atoms with Crippen LogP contribution in [0.3, 0.4) is 0 Å². The lowest BCUT2D eigenvalue weighted by Gasteiger charge is -2.40. The predicted octanol–water partition coefficient (Wildman–Crippen LogP) is 1.21. The number of likely N-dealkylation sites (tertiary alicyclic amines) is 1. The van der Waals surface area contributed by atoms with Gasteiger partial charge in [0.1, 0.15) is 0 Å². The second-order valence-electron chi connectivity index (χ2n) is 5.05. The highest BCUT2D eigenvalue weighted by Gasteiger charge is 2.29. The Bertz CT molecular complexity index is 246. The van der Waals surface area contributed by atoms with Crippen LogP contribution in [0.15, 0.2) is 0 Å². The Morgan fingerprint density at radius 1 is 1.53 bits per heavy atom. The average molecular weight is 242 g/mol. The lowest BCUT2D eigenvalue weighted by Crippen LogP contribution is -2.49. The first-order valence-corrected chi connectivity index (χ1v) is 6.58. The molecule has 4 nitrogen and oxygen atoms in total. The molecular weight excluding hydrogens is 216 g/mol. The molecule has 17 heavy (non-hydrogen) atoms. The van der Waals surface area contributed by atoms with E-state index in [1.54, 1.807) is 0 Å². The van der Waals surface area contributed by atoms with Gasteiger partial charge in [0.2, 0.25) is 5.91 Å². The number of carbonyl (C=O) groups excluding carboxylic acids is 1. The van der Waals surface area contributed by atoms with Crippen molar-refractivity contribution in [1.29, 1.82) is 0 Å². The van der Waals surface area contributed by atoms with Gasteiger partial charge in [-0.1, -0.05) is 6.92 Å². The van der Waals surface area contributed by atoms with E-state index in [4.69, 9.17) is 4.74 Å². The quantitative estimate of drug-likeness (QED) is 0.679. The van der Waals surface area contributed by atoms with Crippen molar-refractivity contribution >= 4 is 5.91 Å². The van der Waals surface area contributed by atoms with Crippen molar-refractivity contribution in [3.63, 3.8) is 0 Å². The van der Waals surface area contributed by atoms with E-state index in [2.05, 4.69) is 18.9 Å². The first kappa shape index (κ1) is 14.5. The largest absolute Gasteiger partial charge is 0.381 e. The van der Waals surface area contributed by atoms with E-state index in [1.165, 1.54) is 0 Å². The zero-order chi connectivity index (χ0) is 12.8. The normalized spacial score (nSPS) is 25.9. The molecule has 0 saturated carbocycles. The van der Waals surface area contributed by atoms with Gasteiger partial charge in [0.05, 0.1) is 13.0 Å². The van der Waals surface area contributed by atoms with Crippen LogP contribution in [0.5, 0.6) is 0 Å². The van der Waals surface area contributed by atoms with Crippen molar-refractivity contribution in [3.8, 4) is 0 Å². The van der Waals surface area contributed by atoms with E-state index in [9.17, 15) is 4.79 Å². The van der Waals surface area contributed by atoms with Crippen molar-refractivity contribution < 1.29 is 9.53 Å². The molecule has 2 atom stereocenters. The second-order valence-corrected chi connectivity index (χ2v) is 5.05. The van der Waals surface area contributed by atoms with Crippen LogP contribution in [-0.4, -0.2) is 62.1 Å². The number of hydrogen-bond acceptors (Lipinski definition) is 3. The minimum absolute atomic E-state index is 0.208. The summed E-state index contributed by atoms with van der Waals surface area (Å²) in [5.74, 6) is 0.759. The van der Waals surface area contributed by atoms with Crippen LogP contribution in [0.2, 0.25) is 0 Å². The number of rotatable bonds is 5. The molecular formula is C13H26N2O2. The van der Waals surface area contributed by atoms with Gasteiger partial charge in [-0.05, 0) is 32.9 Å². The van der Waals surface area contributed by atoms with E-state index in [1.807, 2.05) is 18.9 Å². The molecule has 0 N–H and O–H groups in total. The molecule has 0 radical (unpaired) electrons. The maximum absolute atomic E-state index is 12.0. The summed E-state index contributed by atoms with van der Waals surface area (Å²) in [4.78, 5) is 16.2. The smallest absolute Gasteiger partial charge is 0.224 e. The molecule has 0 aromatic heterocycles. The molecule has 1 aliphatic heterocycles.